The van der Waals surface area contributed by atoms with Crippen LogP contribution in [0.15, 0.2) is 111 Å². The molecule has 188 valence electrons. The fourth-order valence-electron chi connectivity index (χ4n) is 4.73. The summed E-state index contributed by atoms with van der Waals surface area (Å²) >= 11 is 0. The van der Waals surface area contributed by atoms with Crippen LogP contribution in [0.1, 0.15) is 40.7 Å². The van der Waals surface area contributed by atoms with E-state index < -0.39 is 0 Å². The highest BCUT2D eigenvalue weighted by atomic mass is 14.5. The minimum Gasteiger partial charge on any atom is -0.405 e. The minimum absolute atomic E-state index is 0.543. The molecule has 0 fully saturated rings. The fraction of sp³-hybridized carbons (Fsp3) is 0.0571. The quantitative estimate of drug-likeness (QED) is 0.159. The third kappa shape index (κ3) is 5.51. The number of allylic oxidation sites excluding steroid dienone is 6. The van der Waals surface area contributed by atoms with Crippen molar-refractivity contribution < 1.29 is 0 Å². The number of benzene rings is 3. The first-order valence-electron chi connectivity index (χ1n) is 12.4. The van der Waals surface area contributed by atoms with E-state index in [-0.39, 0.29) is 0 Å². The highest BCUT2D eigenvalue weighted by Gasteiger charge is 2.20. The summed E-state index contributed by atoms with van der Waals surface area (Å²) in [5.41, 5.74) is 20.1. The van der Waals surface area contributed by atoms with Crippen LogP contribution in [0.5, 0.6) is 0 Å². The van der Waals surface area contributed by atoms with Crippen molar-refractivity contribution in [3.8, 4) is 17.2 Å². The molecule has 0 saturated carbocycles. The Balaban J connectivity index is 2.24. The third-order valence-corrected chi connectivity index (χ3v) is 6.40. The van der Waals surface area contributed by atoms with Gasteiger partial charge < -0.3 is 11.5 Å². The molecule has 0 aliphatic rings. The summed E-state index contributed by atoms with van der Waals surface area (Å²) in [6.07, 6.45) is 19.5. The van der Waals surface area contributed by atoms with E-state index in [1.165, 1.54) is 6.20 Å². The normalized spacial score (nSPS) is 12.1. The molecule has 4 N–H and O–H groups in total. The summed E-state index contributed by atoms with van der Waals surface area (Å²) in [4.78, 5) is 0. The van der Waals surface area contributed by atoms with Crippen molar-refractivity contribution in [2.24, 2.45) is 11.5 Å². The molecular formula is C35H33N3. The number of hydrogen-bond acceptors (Lipinski definition) is 3. The number of nitrogens with two attached hydrogens (primary N) is 2. The largest absolute Gasteiger partial charge is 0.405 e. The predicted octanol–water partition coefficient (Wildman–Crippen LogP) is 8.64. The molecule has 3 heteroatoms. The summed E-state index contributed by atoms with van der Waals surface area (Å²) in [7, 11) is 0. The van der Waals surface area contributed by atoms with E-state index in [1.54, 1.807) is 12.3 Å². The van der Waals surface area contributed by atoms with Gasteiger partial charge in [-0.15, -0.1) is 0 Å². The van der Waals surface area contributed by atoms with Crippen LogP contribution >= 0.6 is 0 Å². The second kappa shape index (κ2) is 13.3. The van der Waals surface area contributed by atoms with Gasteiger partial charge in [0.2, 0.25) is 0 Å². The number of rotatable bonds is 11. The average Bonchev–Trinajstić information content (AvgIpc) is 2.96. The number of hydrogen-bond donors (Lipinski definition) is 2. The molecule has 0 radical (unpaired) electrons. The van der Waals surface area contributed by atoms with Crippen molar-refractivity contribution in [3.05, 3.63) is 139 Å². The molecule has 0 aliphatic heterocycles. The molecule has 3 nitrogen and oxygen atoms in total. The lowest BCUT2D eigenvalue weighted by Gasteiger charge is -2.22. The molecule has 0 atom stereocenters. The topological polar surface area (TPSA) is 75.8 Å². The second-order valence-corrected chi connectivity index (χ2v) is 8.48. The standard InChI is InChI=1S/C35H33N3/c1-5-26-17-14-20-31(28(26)6-2)35-30(8-4)29(7-3)34(32-18-12-13-19-33(32)35)27(24-38)16-11-9-10-15-25(23-37)21-22-36/h5-8,11-22,24H,1-4,9-10,36,38H2/b16-11-,22-21-,25-15+,27-24+. The van der Waals surface area contributed by atoms with Gasteiger partial charge in [-0.2, -0.15) is 5.26 Å². The Morgan fingerprint density at radius 1 is 0.789 bits per heavy atom. The van der Waals surface area contributed by atoms with Gasteiger partial charge in [-0.05, 0) is 80.4 Å². The van der Waals surface area contributed by atoms with E-state index in [0.29, 0.717) is 12.0 Å². The summed E-state index contributed by atoms with van der Waals surface area (Å²) in [6.45, 7) is 16.4. The maximum atomic E-state index is 9.17. The lowest BCUT2D eigenvalue weighted by molar-refractivity contribution is 1.05. The van der Waals surface area contributed by atoms with Gasteiger partial charge in [-0.25, -0.2) is 0 Å². The molecule has 0 heterocycles. The van der Waals surface area contributed by atoms with E-state index in [0.717, 1.165) is 61.7 Å². The van der Waals surface area contributed by atoms with Crippen molar-refractivity contribution in [2.45, 2.75) is 12.8 Å². The lowest BCUT2D eigenvalue weighted by atomic mass is 9.81. The Hall–Kier alpha value is -5.07. The van der Waals surface area contributed by atoms with Crippen LogP contribution in [0.4, 0.5) is 0 Å². The summed E-state index contributed by atoms with van der Waals surface area (Å²) in [5.74, 6) is 0. The van der Waals surface area contributed by atoms with Gasteiger partial charge >= 0.3 is 0 Å². The fourth-order valence-corrected chi connectivity index (χ4v) is 4.73. The van der Waals surface area contributed by atoms with Crippen molar-refractivity contribution >= 4 is 40.6 Å². The maximum absolute atomic E-state index is 9.17. The molecule has 0 saturated heterocycles. The van der Waals surface area contributed by atoms with Crippen LogP contribution in [0.25, 0.3) is 51.8 Å². The highest BCUT2D eigenvalue weighted by molar-refractivity contribution is 6.11. The van der Waals surface area contributed by atoms with Crippen LogP contribution in [-0.4, -0.2) is 0 Å². The van der Waals surface area contributed by atoms with E-state index in [2.05, 4.69) is 56.7 Å². The van der Waals surface area contributed by atoms with E-state index in [4.69, 9.17) is 16.7 Å². The Kier molecular flexibility index (Phi) is 9.63. The van der Waals surface area contributed by atoms with Crippen molar-refractivity contribution in [2.75, 3.05) is 0 Å². The summed E-state index contributed by atoms with van der Waals surface area (Å²) in [6, 6.07) is 16.6. The minimum atomic E-state index is 0.543. The zero-order valence-corrected chi connectivity index (χ0v) is 21.7. The Labute approximate surface area is 226 Å². The van der Waals surface area contributed by atoms with Gasteiger partial charge in [-0.1, -0.05) is 111 Å². The zero-order valence-electron chi connectivity index (χ0n) is 21.7. The van der Waals surface area contributed by atoms with Gasteiger partial charge in [0.1, 0.15) is 0 Å². The van der Waals surface area contributed by atoms with Crippen molar-refractivity contribution in [1.82, 2.24) is 0 Å². The van der Waals surface area contributed by atoms with Crippen molar-refractivity contribution in [1.29, 1.82) is 5.26 Å². The Morgan fingerprint density at radius 3 is 2.11 bits per heavy atom. The first-order chi connectivity index (χ1) is 18.6. The van der Waals surface area contributed by atoms with E-state index in [9.17, 15) is 0 Å². The van der Waals surface area contributed by atoms with Crippen LogP contribution in [0.2, 0.25) is 0 Å². The number of fused-ring (bicyclic) bond motifs is 1. The lowest BCUT2D eigenvalue weighted by Crippen LogP contribution is -2.00. The number of unbranched alkanes of at least 4 members (excludes halogenated alkanes) is 1. The Morgan fingerprint density at radius 2 is 1.50 bits per heavy atom. The molecule has 0 spiro atoms. The first kappa shape index (κ1) is 27.5. The van der Waals surface area contributed by atoms with Crippen LogP contribution < -0.4 is 11.5 Å². The molecule has 38 heavy (non-hydrogen) atoms. The predicted molar refractivity (Wildman–Crippen MR) is 167 cm³/mol. The zero-order chi connectivity index (χ0) is 27.5. The molecule has 0 aromatic heterocycles. The molecule has 3 aromatic rings. The van der Waals surface area contributed by atoms with Gasteiger partial charge in [0.05, 0.1) is 6.07 Å². The average molecular weight is 496 g/mol. The molecule has 0 amide bonds. The molecular weight excluding hydrogens is 462 g/mol. The van der Waals surface area contributed by atoms with Gasteiger partial charge in [0, 0.05) is 11.8 Å². The van der Waals surface area contributed by atoms with Crippen molar-refractivity contribution in [3.63, 3.8) is 0 Å². The first-order valence-corrected chi connectivity index (χ1v) is 12.4. The van der Waals surface area contributed by atoms with Crippen LogP contribution in [0.3, 0.4) is 0 Å². The summed E-state index contributed by atoms with van der Waals surface area (Å²) < 4.78 is 0. The third-order valence-electron chi connectivity index (χ3n) is 6.40. The maximum Gasteiger partial charge on any atom is 0.0988 e. The second-order valence-electron chi connectivity index (χ2n) is 8.48. The van der Waals surface area contributed by atoms with Crippen LogP contribution in [0, 0.1) is 11.3 Å². The van der Waals surface area contributed by atoms with E-state index in [1.807, 2.05) is 60.7 Å². The van der Waals surface area contributed by atoms with Gasteiger partial charge in [-0.3, -0.25) is 0 Å². The molecule has 3 aromatic carbocycles. The SMILES string of the molecule is C=Cc1cccc(-c2c(C=C)c(C=C)c(C(/C=C\CC/C=C(C#N)\C=C/N)=C/N)c3ccccc23)c1C=C. The molecule has 3 rings (SSSR count). The highest BCUT2D eigenvalue weighted by Crippen LogP contribution is 2.43. The number of nitrogens with zero attached hydrogens (tertiary/aromatic N) is 1. The van der Waals surface area contributed by atoms with Gasteiger partial charge in [0.25, 0.3) is 0 Å². The summed E-state index contributed by atoms with van der Waals surface area (Å²) in [5, 5.41) is 11.3. The molecule has 0 bridgehead atoms. The Bertz CT molecular complexity index is 1550. The van der Waals surface area contributed by atoms with Gasteiger partial charge in [0.15, 0.2) is 0 Å². The van der Waals surface area contributed by atoms with Crippen LogP contribution in [-0.2, 0) is 0 Å². The monoisotopic (exact) mass is 495 g/mol. The smallest absolute Gasteiger partial charge is 0.0988 e. The molecule has 0 aliphatic carbocycles. The molecule has 0 unspecified atom stereocenters. The van der Waals surface area contributed by atoms with E-state index >= 15 is 0 Å². The number of nitriles is 1.